The third-order valence-corrected chi connectivity index (χ3v) is 5.11. The van der Waals surface area contributed by atoms with E-state index in [1.54, 1.807) is 12.1 Å². The number of aliphatic hydroxyl groups excluding tert-OH is 1. The number of hydrogen-bond acceptors (Lipinski definition) is 3. The minimum Gasteiger partial charge on any atom is -0.395 e. The molecule has 0 saturated carbocycles. The predicted molar refractivity (Wildman–Crippen MR) is 93.5 cm³/mol. The second kappa shape index (κ2) is 7.94. The Labute approximate surface area is 155 Å². The highest BCUT2D eigenvalue weighted by atomic mass is 19.4. The van der Waals surface area contributed by atoms with E-state index in [0.29, 0.717) is 18.2 Å². The van der Waals surface area contributed by atoms with Crippen molar-refractivity contribution in [3.05, 3.63) is 65.2 Å². The largest absolute Gasteiger partial charge is 0.417 e. The van der Waals surface area contributed by atoms with Gasteiger partial charge in [-0.25, -0.2) is 4.39 Å². The lowest BCUT2D eigenvalue weighted by Crippen LogP contribution is -2.47. The second-order valence-corrected chi connectivity index (χ2v) is 7.14. The molecule has 0 aliphatic carbocycles. The smallest absolute Gasteiger partial charge is 0.395 e. The third-order valence-electron chi connectivity index (χ3n) is 5.11. The van der Waals surface area contributed by atoms with Gasteiger partial charge in [0.2, 0.25) is 0 Å². The first kappa shape index (κ1) is 19.8. The lowest BCUT2D eigenvalue weighted by molar-refractivity contribution is -0.137. The Kier molecular flexibility index (Phi) is 5.81. The molecule has 2 aromatic rings. The molecule has 0 bridgehead atoms. The highest BCUT2D eigenvalue weighted by Gasteiger charge is 2.35. The summed E-state index contributed by atoms with van der Waals surface area (Å²) in [6.45, 7) is 2.73. The van der Waals surface area contributed by atoms with Gasteiger partial charge in [0.1, 0.15) is 5.82 Å². The number of halogens is 4. The lowest BCUT2D eigenvalue weighted by Gasteiger charge is -2.42. The summed E-state index contributed by atoms with van der Waals surface area (Å²) < 4.78 is 52.0. The minimum absolute atomic E-state index is 0.0505. The first-order valence-corrected chi connectivity index (χ1v) is 8.95. The van der Waals surface area contributed by atoms with E-state index in [0.717, 1.165) is 30.7 Å². The van der Waals surface area contributed by atoms with Crippen molar-refractivity contribution in [2.75, 3.05) is 13.2 Å². The molecule has 0 amide bonds. The van der Waals surface area contributed by atoms with Crippen molar-refractivity contribution < 1.29 is 22.7 Å². The van der Waals surface area contributed by atoms with Crippen LogP contribution in [0.15, 0.2) is 42.6 Å². The number of piperidine rings is 1. The average molecular weight is 382 g/mol. The maximum Gasteiger partial charge on any atom is 0.417 e. The fourth-order valence-corrected chi connectivity index (χ4v) is 3.67. The number of nitrogens with zero attached hydrogens (tertiary/aromatic N) is 2. The first-order valence-electron chi connectivity index (χ1n) is 8.95. The van der Waals surface area contributed by atoms with E-state index >= 15 is 0 Å². The summed E-state index contributed by atoms with van der Waals surface area (Å²) in [6.07, 6.45) is -1.87. The molecule has 3 nitrogen and oxygen atoms in total. The van der Waals surface area contributed by atoms with Crippen LogP contribution in [0, 0.1) is 11.7 Å². The molecule has 1 aliphatic rings. The summed E-state index contributed by atoms with van der Waals surface area (Å²) in [5.74, 6) is -0.00574. The van der Waals surface area contributed by atoms with E-state index in [9.17, 15) is 22.7 Å². The number of hydrogen-bond donors (Lipinski definition) is 1. The average Bonchev–Trinajstić information content (AvgIpc) is 2.63. The second-order valence-electron chi connectivity index (χ2n) is 7.14. The topological polar surface area (TPSA) is 36.4 Å². The molecule has 1 unspecified atom stereocenters. The molecule has 3 rings (SSSR count). The quantitative estimate of drug-likeness (QED) is 0.796. The van der Waals surface area contributed by atoms with Gasteiger partial charge in [0.15, 0.2) is 0 Å². The molecule has 7 heteroatoms. The molecular weight excluding hydrogens is 360 g/mol. The molecule has 1 aromatic carbocycles. The number of aliphatic hydroxyl groups is 1. The molecule has 146 valence electrons. The van der Waals surface area contributed by atoms with Crippen molar-refractivity contribution in [1.29, 1.82) is 0 Å². The zero-order valence-electron chi connectivity index (χ0n) is 15.0. The number of aromatic nitrogens is 1. The summed E-state index contributed by atoms with van der Waals surface area (Å²) in [6, 6.07) is 7.69. The summed E-state index contributed by atoms with van der Waals surface area (Å²) in [5, 5.41) is 9.81. The van der Waals surface area contributed by atoms with Gasteiger partial charge < -0.3 is 5.11 Å². The summed E-state index contributed by atoms with van der Waals surface area (Å²) in [4.78, 5) is 6.14. The first-order chi connectivity index (χ1) is 12.8. The zero-order valence-corrected chi connectivity index (χ0v) is 15.0. The molecule has 1 aromatic heterocycles. The van der Waals surface area contributed by atoms with Gasteiger partial charge >= 0.3 is 6.18 Å². The van der Waals surface area contributed by atoms with Gasteiger partial charge in [-0.2, -0.15) is 13.2 Å². The van der Waals surface area contributed by atoms with Crippen LogP contribution >= 0.6 is 0 Å². The number of alkyl halides is 3. The Morgan fingerprint density at radius 1 is 1.15 bits per heavy atom. The molecule has 1 fully saturated rings. The van der Waals surface area contributed by atoms with Crippen LogP contribution < -0.4 is 0 Å². The van der Waals surface area contributed by atoms with Gasteiger partial charge in [-0.15, -0.1) is 0 Å². The van der Waals surface area contributed by atoms with Crippen LogP contribution in [-0.2, 0) is 6.18 Å². The van der Waals surface area contributed by atoms with Gasteiger partial charge in [0.25, 0.3) is 0 Å². The summed E-state index contributed by atoms with van der Waals surface area (Å²) in [7, 11) is 0. The predicted octanol–water partition coefficient (Wildman–Crippen LogP) is 4.42. The van der Waals surface area contributed by atoms with Crippen LogP contribution in [0.25, 0.3) is 0 Å². The van der Waals surface area contributed by atoms with E-state index in [2.05, 4.69) is 16.8 Å². The van der Waals surface area contributed by atoms with Crippen molar-refractivity contribution >= 4 is 0 Å². The molecular formula is C20H22F4N2O. The number of likely N-dealkylation sites (tertiary alicyclic amines) is 1. The molecule has 0 spiro atoms. The van der Waals surface area contributed by atoms with Crippen LogP contribution in [0.1, 0.15) is 42.6 Å². The number of benzene rings is 1. The van der Waals surface area contributed by atoms with E-state index in [4.69, 9.17) is 0 Å². The van der Waals surface area contributed by atoms with Crippen LogP contribution in [0.3, 0.4) is 0 Å². The van der Waals surface area contributed by atoms with Crippen LogP contribution in [0.2, 0.25) is 0 Å². The number of pyridine rings is 1. The van der Waals surface area contributed by atoms with Crippen molar-refractivity contribution in [2.24, 2.45) is 5.92 Å². The lowest BCUT2D eigenvalue weighted by atomic mass is 9.90. The fourth-order valence-electron chi connectivity index (χ4n) is 3.67. The van der Waals surface area contributed by atoms with Gasteiger partial charge in [0, 0.05) is 18.8 Å². The van der Waals surface area contributed by atoms with Crippen LogP contribution in [-0.4, -0.2) is 34.2 Å². The molecule has 1 aliphatic heterocycles. The van der Waals surface area contributed by atoms with Gasteiger partial charge in [-0.3, -0.25) is 9.88 Å². The normalized spacial score (nSPS) is 22.6. The highest BCUT2D eigenvalue weighted by molar-refractivity contribution is 5.30. The maximum atomic E-state index is 13.4. The van der Waals surface area contributed by atoms with Crippen molar-refractivity contribution in [3.63, 3.8) is 0 Å². The van der Waals surface area contributed by atoms with E-state index in [1.807, 2.05) is 0 Å². The van der Waals surface area contributed by atoms with Gasteiger partial charge in [0.05, 0.1) is 23.9 Å². The Morgan fingerprint density at radius 2 is 1.85 bits per heavy atom. The molecule has 2 heterocycles. The monoisotopic (exact) mass is 382 g/mol. The molecule has 27 heavy (non-hydrogen) atoms. The molecule has 0 radical (unpaired) electrons. The van der Waals surface area contributed by atoms with Crippen molar-refractivity contribution in [2.45, 2.75) is 38.0 Å². The van der Waals surface area contributed by atoms with Gasteiger partial charge in [-0.1, -0.05) is 19.1 Å². The summed E-state index contributed by atoms with van der Waals surface area (Å²) >= 11 is 0. The SMILES string of the molecule is C[C@@H]1CC[C@@H](CO)N(C(c2ccc(F)cc2)c2ccc(C(F)(F)F)cn2)C1. The van der Waals surface area contributed by atoms with Crippen molar-refractivity contribution in [3.8, 4) is 0 Å². The van der Waals surface area contributed by atoms with Crippen LogP contribution in [0.4, 0.5) is 17.6 Å². The molecule has 3 atom stereocenters. The fraction of sp³-hybridized carbons (Fsp3) is 0.450. The zero-order chi connectivity index (χ0) is 19.6. The Morgan fingerprint density at radius 3 is 2.41 bits per heavy atom. The summed E-state index contributed by atoms with van der Waals surface area (Å²) in [5.41, 5.74) is 0.369. The maximum absolute atomic E-state index is 13.4. The minimum atomic E-state index is -4.45. The Bertz CT molecular complexity index is 746. The third kappa shape index (κ3) is 4.47. The van der Waals surface area contributed by atoms with Crippen LogP contribution in [0.5, 0.6) is 0 Å². The standard InChI is InChI=1S/C20H22F4N2O/c1-13-2-8-17(12-27)26(11-13)19(14-3-6-16(21)7-4-14)18-9-5-15(10-25-18)20(22,23)24/h3-7,9-10,13,17,19,27H,2,8,11-12H2,1H3/t13-,17+,19?/m1/s1. The van der Waals surface area contributed by atoms with Gasteiger partial charge in [-0.05, 0) is 48.6 Å². The molecule has 1 saturated heterocycles. The Hall–Kier alpha value is -1.99. The van der Waals surface area contributed by atoms with E-state index < -0.39 is 17.8 Å². The van der Waals surface area contributed by atoms with Crippen molar-refractivity contribution in [1.82, 2.24) is 9.88 Å². The highest BCUT2D eigenvalue weighted by Crippen LogP contribution is 2.36. The number of rotatable bonds is 4. The Balaban J connectivity index is 2.03. The molecule has 1 N–H and O–H groups in total. The van der Waals surface area contributed by atoms with E-state index in [-0.39, 0.29) is 18.5 Å². The van der Waals surface area contributed by atoms with E-state index in [1.165, 1.54) is 18.2 Å².